The number of nitrogens with zero attached hydrogens (tertiary/aromatic N) is 2. The highest BCUT2D eigenvalue weighted by atomic mass is 16.5. The monoisotopic (exact) mass is 279 g/mol. The number of nitrogens with one attached hydrogen (secondary N) is 1. The van der Waals surface area contributed by atoms with Crippen LogP contribution in [-0.4, -0.2) is 37.8 Å². The number of ether oxygens (including phenoxy) is 1. The fourth-order valence-corrected chi connectivity index (χ4v) is 2.56. The minimum absolute atomic E-state index is 0.348. The lowest BCUT2D eigenvalue weighted by Gasteiger charge is -2.29. The zero-order valence-electron chi connectivity index (χ0n) is 13.5. The molecule has 1 heterocycles. The van der Waals surface area contributed by atoms with Gasteiger partial charge in [-0.05, 0) is 38.9 Å². The number of pyridine rings is 1. The standard InChI is InChI=1S/C16H29N3O/c1-6-15(17-7-2)16-10-9-14(11-18-16)19(8-3)13(4)12-20-5/h9-11,13,15,17H,6-8,12H2,1-5H3. The first-order valence-corrected chi connectivity index (χ1v) is 7.62. The molecular formula is C16H29N3O. The van der Waals surface area contributed by atoms with E-state index in [2.05, 4.69) is 55.0 Å². The number of hydrogen-bond donors (Lipinski definition) is 1. The molecule has 1 rings (SSSR count). The van der Waals surface area contributed by atoms with Crippen LogP contribution < -0.4 is 10.2 Å². The highest BCUT2D eigenvalue weighted by Gasteiger charge is 2.14. The van der Waals surface area contributed by atoms with E-state index in [1.807, 2.05) is 6.20 Å². The Balaban J connectivity index is 2.82. The summed E-state index contributed by atoms with van der Waals surface area (Å²) < 4.78 is 5.25. The Bertz CT molecular complexity index is 366. The largest absolute Gasteiger partial charge is 0.383 e. The molecule has 0 bridgehead atoms. The molecule has 0 aliphatic rings. The topological polar surface area (TPSA) is 37.4 Å². The minimum atomic E-state index is 0.348. The number of rotatable bonds is 9. The van der Waals surface area contributed by atoms with Crippen molar-refractivity contribution in [2.75, 3.05) is 31.7 Å². The Morgan fingerprint density at radius 2 is 2.05 bits per heavy atom. The average Bonchev–Trinajstić information content (AvgIpc) is 2.47. The predicted molar refractivity (Wildman–Crippen MR) is 85.3 cm³/mol. The maximum atomic E-state index is 5.25. The van der Waals surface area contributed by atoms with Crippen LogP contribution in [0.3, 0.4) is 0 Å². The Kier molecular flexibility index (Phi) is 7.55. The first kappa shape index (κ1) is 16.9. The average molecular weight is 279 g/mol. The van der Waals surface area contributed by atoms with Crippen LogP contribution >= 0.6 is 0 Å². The number of hydrogen-bond acceptors (Lipinski definition) is 4. The van der Waals surface area contributed by atoms with Crippen LogP contribution in [0.2, 0.25) is 0 Å². The Morgan fingerprint density at radius 1 is 1.30 bits per heavy atom. The van der Waals surface area contributed by atoms with E-state index in [1.165, 1.54) is 0 Å². The Morgan fingerprint density at radius 3 is 2.50 bits per heavy atom. The van der Waals surface area contributed by atoms with Gasteiger partial charge in [0.25, 0.3) is 0 Å². The summed E-state index contributed by atoms with van der Waals surface area (Å²) in [5, 5.41) is 3.46. The van der Waals surface area contributed by atoms with Gasteiger partial charge in [-0.3, -0.25) is 4.98 Å². The fraction of sp³-hybridized carbons (Fsp3) is 0.688. The molecule has 0 aromatic carbocycles. The molecule has 1 N–H and O–H groups in total. The fourth-order valence-electron chi connectivity index (χ4n) is 2.56. The van der Waals surface area contributed by atoms with Crippen molar-refractivity contribution in [3.05, 3.63) is 24.0 Å². The molecule has 0 aliphatic carbocycles. The van der Waals surface area contributed by atoms with E-state index < -0.39 is 0 Å². The summed E-state index contributed by atoms with van der Waals surface area (Å²) in [4.78, 5) is 6.95. The van der Waals surface area contributed by atoms with Gasteiger partial charge in [0.2, 0.25) is 0 Å². The molecule has 114 valence electrons. The summed E-state index contributed by atoms with van der Waals surface area (Å²) in [7, 11) is 1.74. The van der Waals surface area contributed by atoms with Crippen LogP contribution in [-0.2, 0) is 4.74 Å². The summed E-state index contributed by atoms with van der Waals surface area (Å²) >= 11 is 0. The molecule has 0 saturated heterocycles. The Labute approximate surface area is 123 Å². The highest BCUT2D eigenvalue weighted by Crippen LogP contribution is 2.20. The maximum Gasteiger partial charge on any atom is 0.0663 e. The van der Waals surface area contributed by atoms with Crippen molar-refractivity contribution >= 4 is 5.69 Å². The normalized spacial score (nSPS) is 14.1. The Hall–Kier alpha value is -1.13. The van der Waals surface area contributed by atoms with Crippen LogP contribution in [0.15, 0.2) is 18.3 Å². The molecule has 4 heteroatoms. The maximum absolute atomic E-state index is 5.25. The molecule has 0 fully saturated rings. The van der Waals surface area contributed by atoms with E-state index in [9.17, 15) is 0 Å². The van der Waals surface area contributed by atoms with Gasteiger partial charge in [-0.2, -0.15) is 0 Å². The third-order valence-electron chi connectivity index (χ3n) is 3.60. The van der Waals surface area contributed by atoms with Crippen LogP contribution in [0.5, 0.6) is 0 Å². The van der Waals surface area contributed by atoms with Gasteiger partial charge in [-0.1, -0.05) is 13.8 Å². The molecule has 4 nitrogen and oxygen atoms in total. The summed E-state index contributed by atoms with van der Waals surface area (Å²) in [6.07, 6.45) is 3.03. The SMILES string of the molecule is CCNC(CC)c1ccc(N(CC)C(C)COC)cn1. The predicted octanol–water partition coefficient (Wildman–Crippen LogP) is 3.00. The third kappa shape index (κ3) is 4.46. The molecule has 0 aliphatic heterocycles. The molecule has 1 aromatic rings. The van der Waals surface area contributed by atoms with Crippen molar-refractivity contribution in [3.63, 3.8) is 0 Å². The second-order valence-corrected chi connectivity index (χ2v) is 5.05. The first-order valence-electron chi connectivity index (χ1n) is 7.62. The van der Waals surface area contributed by atoms with E-state index in [-0.39, 0.29) is 0 Å². The van der Waals surface area contributed by atoms with Gasteiger partial charge in [-0.25, -0.2) is 0 Å². The van der Waals surface area contributed by atoms with Crippen molar-refractivity contribution in [2.45, 2.75) is 46.2 Å². The number of aromatic nitrogens is 1. The summed E-state index contributed by atoms with van der Waals surface area (Å²) in [5.41, 5.74) is 2.28. The van der Waals surface area contributed by atoms with Gasteiger partial charge in [0, 0.05) is 25.7 Å². The number of anilines is 1. The van der Waals surface area contributed by atoms with Crippen LogP contribution in [0, 0.1) is 0 Å². The summed E-state index contributed by atoms with van der Waals surface area (Å²) in [5.74, 6) is 0. The molecule has 20 heavy (non-hydrogen) atoms. The van der Waals surface area contributed by atoms with Crippen molar-refractivity contribution in [3.8, 4) is 0 Å². The van der Waals surface area contributed by atoms with Crippen molar-refractivity contribution in [1.82, 2.24) is 10.3 Å². The molecular weight excluding hydrogens is 250 g/mol. The lowest BCUT2D eigenvalue weighted by molar-refractivity contribution is 0.182. The molecule has 0 spiro atoms. The first-order chi connectivity index (χ1) is 9.67. The van der Waals surface area contributed by atoms with Gasteiger partial charge >= 0.3 is 0 Å². The second-order valence-electron chi connectivity index (χ2n) is 5.05. The number of likely N-dealkylation sites (N-methyl/N-ethyl adjacent to an activating group) is 1. The lowest BCUT2D eigenvalue weighted by atomic mass is 10.1. The summed E-state index contributed by atoms with van der Waals surface area (Å²) in [6, 6.07) is 5.00. The van der Waals surface area contributed by atoms with Crippen LogP contribution in [0.25, 0.3) is 0 Å². The van der Waals surface area contributed by atoms with E-state index in [0.29, 0.717) is 12.1 Å². The van der Waals surface area contributed by atoms with Gasteiger partial charge in [0.1, 0.15) is 0 Å². The van der Waals surface area contributed by atoms with E-state index in [0.717, 1.165) is 37.5 Å². The molecule has 0 saturated carbocycles. The van der Waals surface area contributed by atoms with Gasteiger partial charge in [-0.15, -0.1) is 0 Å². The zero-order chi connectivity index (χ0) is 15.0. The second kappa shape index (κ2) is 8.93. The van der Waals surface area contributed by atoms with Crippen LogP contribution in [0.4, 0.5) is 5.69 Å². The van der Waals surface area contributed by atoms with E-state index in [4.69, 9.17) is 4.74 Å². The summed E-state index contributed by atoms with van der Waals surface area (Å²) in [6.45, 7) is 11.3. The molecule has 2 unspecified atom stereocenters. The van der Waals surface area contributed by atoms with E-state index in [1.54, 1.807) is 7.11 Å². The van der Waals surface area contributed by atoms with Gasteiger partial charge in [0.15, 0.2) is 0 Å². The van der Waals surface area contributed by atoms with E-state index >= 15 is 0 Å². The molecule has 0 amide bonds. The third-order valence-corrected chi connectivity index (χ3v) is 3.60. The molecule has 0 radical (unpaired) electrons. The van der Waals surface area contributed by atoms with Crippen molar-refractivity contribution in [2.24, 2.45) is 0 Å². The van der Waals surface area contributed by atoms with Gasteiger partial charge in [0.05, 0.1) is 24.2 Å². The van der Waals surface area contributed by atoms with Gasteiger partial charge < -0.3 is 15.0 Å². The minimum Gasteiger partial charge on any atom is -0.383 e. The quantitative estimate of drug-likeness (QED) is 0.754. The van der Waals surface area contributed by atoms with Crippen LogP contribution in [0.1, 0.15) is 45.9 Å². The molecule has 2 atom stereocenters. The zero-order valence-corrected chi connectivity index (χ0v) is 13.5. The molecule has 1 aromatic heterocycles. The van der Waals surface area contributed by atoms with Crippen molar-refractivity contribution < 1.29 is 4.74 Å². The highest BCUT2D eigenvalue weighted by molar-refractivity contribution is 5.45. The number of methoxy groups -OCH3 is 1. The lowest BCUT2D eigenvalue weighted by Crippen LogP contribution is -2.36. The smallest absolute Gasteiger partial charge is 0.0663 e. The van der Waals surface area contributed by atoms with Crippen molar-refractivity contribution in [1.29, 1.82) is 0 Å².